The molecule has 0 unspecified atom stereocenters. The van der Waals surface area contributed by atoms with Gasteiger partial charge in [0.1, 0.15) is 5.56 Å². The number of pyridine rings is 1. The molecule has 2 N–H and O–H groups in total. The summed E-state index contributed by atoms with van der Waals surface area (Å²) in [5.74, 6) is -1.76. The third-order valence-electron chi connectivity index (χ3n) is 2.14. The maximum absolute atomic E-state index is 12.3. The first kappa shape index (κ1) is 15.2. The summed E-state index contributed by atoms with van der Waals surface area (Å²) in [6.45, 7) is 2.95. The Bertz CT molecular complexity index is 475. The van der Waals surface area contributed by atoms with Crippen LogP contribution in [0.15, 0.2) is 6.07 Å². The largest absolute Gasteiger partial charge is 0.574 e. The molecule has 5 nitrogen and oxygen atoms in total. The first-order valence-corrected chi connectivity index (χ1v) is 5.42. The van der Waals surface area contributed by atoms with Gasteiger partial charge in [-0.15, -0.1) is 13.2 Å². The van der Waals surface area contributed by atoms with E-state index in [-0.39, 0.29) is 30.0 Å². The van der Waals surface area contributed by atoms with E-state index in [1.807, 2.05) is 0 Å². The topological polar surface area (TPSA) is 74.4 Å². The van der Waals surface area contributed by atoms with E-state index in [2.05, 4.69) is 14.5 Å². The number of aryl methyl sites for hydroxylation is 1. The highest BCUT2D eigenvalue weighted by molar-refractivity contribution is 5.93. The van der Waals surface area contributed by atoms with Crippen LogP contribution in [-0.2, 0) is 11.3 Å². The minimum absolute atomic E-state index is 0.0301. The molecular formula is C11H13F3N2O3. The van der Waals surface area contributed by atoms with Gasteiger partial charge in [0, 0.05) is 6.54 Å². The molecule has 1 heterocycles. The standard InChI is InChI=1S/C11H13F3N2O3/c1-3-18-10(17)8-6(2)4-7(5-15)16-9(8)19-11(12,13)14/h4H,3,5,15H2,1-2H3. The monoisotopic (exact) mass is 278 g/mol. The first-order valence-electron chi connectivity index (χ1n) is 5.42. The van der Waals surface area contributed by atoms with E-state index in [0.717, 1.165) is 0 Å². The number of nitrogens with two attached hydrogens (primary N) is 1. The number of ether oxygens (including phenoxy) is 2. The van der Waals surface area contributed by atoms with Crippen molar-refractivity contribution in [3.63, 3.8) is 0 Å². The van der Waals surface area contributed by atoms with Crippen LogP contribution < -0.4 is 10.5 Å². The van der Waals surface area contributed by atoms with Crippen LogP contribution >= 0.6 is 0 Å². The van der Waals surface area contributed by atoms with Gasteiger partial charge in [-0.1, -0.05) is 0 Å². The predicted octanol–water partition coefficient (Wildman–Crippen LogP) is 1.92. The minimum Gasteiger partial charge on any atom is -0.462 e. The minimum atomic E-state index is -4.95. The van der Waals surface area contributed by atoms with Gasteiger partial charge in [-0.2, -0.15) is 0 Å². The SMILES string of the molecule is CCOC(=O)c1c(C)cc(CN)nc1OC(F)(F)F. The Hall–Kier alpha value is -1.83. The van der Waals surface area contributed by atoms with Crippen molar-refractivity contribution in [2.45, 2.75) is 26.8 Å². The maximum atomic E-state index is 12.3. The van der Waals surface area contributed by atoms with Crippen molar-refractivity contribution in [1.29, 1.82) is 0 Å². The van der Waals surface area contributed by atoms with Gasteiger partial charge in [-0.05, 0) is 25.5 Å². The van der Waals surface area contributed by atoms with Gasteiger partial charge in [0.25, 0.3) is 0 Å². The van der Waals surface area contributed by atoms with Crippen LogP contribution in [0.1, 0.15) is 28.5 Å². The molecule has 0 aromatic carbocycles. The van der Waals surface area contributed by atoms with E-state index in [4.69, 9.17) is 5.73 Å². The Morgan fingerprint density at radius 1 is 1.47 bits per heavy atom. The van der Waals surface area contributed by atoms with Crippen molar-refractivity contribution >= 4 is 5.97 Å². The summed E-state index contributed by atoms with van der Waals surface area (Å²) in [4.78, 5) is 15.2. The van der Waals surface area contributed by atoms with Gasteiger partial charge in [0.05, 0.1) is 12.3 Å². The van der Waals surface area contributed by atoms with E-state index in [1.165, 1.54) is 13.0 Å². The molecule has 0 aliphatic heterocycles. The molecule has 0 aliphatic carbocycles. The van der Waals surface area contributed by atoms with Crippen molar-refractivity contribution in [3.8, 4) is 5.88 Å². The summed E-state index contributed by atoms with van der Waals surface area (Å²) in [6, 6.07) is 1.41. The number of hydrogen-bond acceptors (Lipinski definition) is 5. The molecule has 0 saturated carbocycles. The van der Waals surface area contributed by atoms with Gasteiger partial charge in [0.2, 0.25) is 5.88 Å². The molecule has 1 aromatic heterocycles. The van der Waals surface area contributed by atoms with Crippen molar-refractivity contribution in [3.05, 3.63) is 22.9 Å². The van der Waals surface area contributed by atoms with Gasteiger partial charge < -0.3 is 15.2 Å². The van der Waals surface area contributed by atoms with Crippen LogP contribution in [0.4, 0.5) is 13.2 Å². The number of carbonyl (C=O) groups is 1. The van der Waals surface area contributed by atoms with E-state index in [9.17, 15) is 18.0 Å². The Labute approximate surface area is 107 Å². The maximum Gasteiger partial charge on any atom is 0.574 e. The van der Waals surface area contributed by atoms with Crippen molar-refractivity contribution in [2.24, 2.45) is 5.73 Å². The average Bonchev–Trinajstić information content (AvgIpc) is 2.26. The molecule has 19 heavy (non-hydrogen) atoms. The van der Waals surface area contributed by atoms with Gasteiger partial charge in [0.15, 0.2) is 0 Å². The molecule has 0 fully saturated rings. The summed E-state index contributed by atoms with van der Waals surface area (Å²) < 4.78 is 45.3. The average molecular weight is 278 g/mol. The third-order valence-corrected chi connectivity index (χ3v) is 2.14. The second-order valence-corrected chi connectivity index (χ2v) is 3.58. The number of nitrogens with zero attached hydrogens (tertiary/aromatic N) is 1. The molecule has 0 bridgehead atoms. The van der Waals surface area contributed by atoms with Crippen LogP contribution in [0.2, 0.25) is 0 Å². The molecule has 106 valence electrons. The van der Waals surface area contributed by atoms with E-state index < -0.39 is 18.2 Å². The van der Waals surface area contributed by atoms with Crippen LogP contribution in [0, 0.1) is 6.92 Å². The first-order chi connectivity index (χ1) is 8.78. The number of aromatic nitrogens is 1. The number of rotatable bonds is 4. The molecule has 0 aliphatic rings. The zero-order valence-corrected chi connectivity index (χ0v) is 10.4. The zero-order chi connectivity index (χ0) is 14.6. The molecule has 0 atom stereocenters. The Balaban J connectivity index is 3.29. The fourth-order valence-electron chi connectivity index (χ4n) is 1.45. The number of halogens is 3. The lowest BCUT2D eigenvalue weighted by Crippen LogP contribution is -2.22. The molecule has 0 saturated heterocycles. The Kier molecular flexibility index (Phi) is 4.71. The van der Waals surface area contributed by atoms with Crippen molar-refractivity contribution < 1.29 is 27.4 Å². The number of alkyl halides is 3. The second kappa shape index (κ2) is 5.87. The summed E-state index contributed by atoms with van der Waals surface area (Å²) in [5.41, 5.74) is 5.41. The molecule has 0 radical (unpaired) electrons. The lowest BCUT2D eigenvalue weighted by Gasteiger charge is -2.14. The van der Waals surface area contributed by atoms with Crippen LogP contribution in [-0.4, -0.2) is 23.9 Å². The van der Waals surface area contributed by atoms with Crippen molar-refractivity contribution in [1.82, 2.24) is 4.98 Å². The van der Waals surface area contributed by atoms with Gasteiger partial charge in [-0.3, -0.25) is 0 Å². The Morgan fingerprint density at radius 3 is 2.58 bits per heavy atom. The zero-order valence-electron chi connectivity index (χ0n) is 10.4. The fourth-order valence-corrected chi connectivity index (χ4v) is 1.45. The lowest BCUT2D eigenvalue weighted by atomic mass is 10.1. The lowest BCUT2D eigenvalue weighted by molar-refractivity contribution is -0.276. The normalized spacial score (nSPS) is 11.3. The quantitative estimate of drug-likeness (QED) is 0.852. The van der Waals surface area contributed by atoms with Gasteiger partial charge in [-0.25, -0.2) is 9.78 Å². The third kappa shape index (κ3) is 4.09. The number of esters is 1. The Morgan fingerprint density at radius 2 is 2.11 bits per heavy atom. The summed E-state index contributed by atoms with van der Waals surface area (Å²) in [7, 11) is 0. The predicted molar refractivity (Wildman–Crippen MR) is 59.5 cm³/mol. The number of hydrogen-bond donors (Lipinski definition) is 1. The fraction of sp³-hybridized carbons (Fsp3) is 0.455. The molecule has 1 aromatic rings. The summed E-state index contributed by atoms with van der Waals surface area (Å²) in [5, 5.41) is 0. The smallest absolute Gasteiger partial charge is 0.462 e. The van der Waals surface area contributed by atoms with E-state index >= 15 is 0 Å². The molecule has 8 heteroatoms. The van der Waals surface area contributed by atoms with E-state index in [1.54, 1.807) is 6.92 Å². The van der Waals surface area contributed by atoms with Crippen LogP contribution in [0.25, 0.3) is 0 Å². The van der Waals surface area contributed by atoms with Crippen LogP contribution in [0.3, 0.4) is 0 Å². The highest BCUT2D eigenvalue weighted by Gasteiger charge is 2.35. The van der Waals surface area contributed by atoms with Crippen molar-refractivity contribution in [2.75, 3.05) is 6.61 Å². The summed E-state index contributed by atoms with van der Waals surface area (Å²) in [6.07, 6.45) is -4.95. The summed E-state index contributed by atoms with van der Waals surface area (Å²) >= 11 is 0. The molecule has 0 spiro atoms. The molecule has 1 rings (SSSR count). The van der Waals surface area contributed by atoms with E-state index in [0.29, 0.717) is 0 Å². The number of carbonyl (C=O) groups excluding carboxylic acids is 1. The molecule has 0 amide bonds. The highest BCUT2D eigenvalue weighted by Crippen LogP contribution is 2.28. The molecular weight excluding hydrogens is 265 g/mol. The van der Waals surface area contributed by atoms with Gasteiger partial charge >= 0.3 is 12.3 Å². The van der Waals surface area contributed by atoms with Crippen LogP contribution in [0.5, 0.6) is 5.88 Å². The highest BCUT2D eigenvalue weighted by atomic mass is 19.4. The second-order valence-electron chi connectivity index (χ2n) is 3.58.